The minimum atomic E-state index is 0. The molecular weight excluding hydrogens is 545 g/mol. The Morgan fingerprint density at radius 3 is 0.148 bits per heavy atom. The Kier molecular flexibility index (Phi) is 176000. The molecule has 0 aromatic heterocycles. The molecule has 0 aromatic rings. The predicted molar refractivity (Wildman–Crippen MR) is 181 cm³/mol. The van der Waals surface area contributed by atoms with Crippen molar-refractivity contribution in [1.82, 2.24) is 0 Å². The van der Waals surface area contributed by atoms with Crippen molar-refractivity contribution in [2.24, 2.45) is 0 Å². The summed E-state index contributed by atoms with van der Waals surface area (Å²) in [7, 11) is 0. The van der Waals surface area contributed by atoms with Crippen LogP contribution in [0.25, 0.3) is 0 Å². The van der Waals surface area contributed by atoms with Crippen LogP contribution in [0, 0.1) is 41.7 Å². The molecule has 0 amide bonds. The molecule has 27 heavy (non-hydrogen) atoms. The molecule has 0 radical (unpaired) electrons. The van der Waals surface area contributed by atoms with E-state index in [9.17, 15) is 0 Å². The van der Waals surface area contributed by atoms with Crippen LogP contribution in [0.15, 0.2) is 0 Å². The van der Waals surface area contributed by atoms with Crippen LogP contribution >= 0.6 is 29.7 Å². The van der Waals surface area contributed by atoms with Gasteiger partial charge in [-0.2, -0.15) is 29.7 Å². The third-order valence-corrected chi connectivity index (χ3v) is 0. The first-order valence-electron chi connectivity index (χ1n) is 0. The average Bonchev–Trinajstić information content (AvgIpc) is 0. The Morgan fingerprint density at radius 2 is 0.148 bits per heavy atom. The fourth-order valence-corrected chi connectivity index (χ4v) is 0. The normalized spacial score (nSPS) is 0. The Bertz CT molecular complexity index is 25.5. The molecule has 0 fully saturated rings. The molecule has 3 atom stereocenters. The van der Waals surface area contributed by atoms with Crippen molar-refractivity contribution in [3.63, 3.8) is 0 Å². The Morgan fingerprint density at radius 1 is 0.148 bits per heavy atom. The molecule has 0 N–H and O–H groups in total. The quantitative estimate of drug-likeness (QED) is 0.182. The monoisotopic (exact) mass is 643 g/mol. The van der Waals surface area contributed by atoms with Gasteiger partial charge >= 0.3 is 0 Å². The summed E-state index contributed by atoms with van der Waals surface area (Å²) in [5.41, 5.74) is 0. The number of hydrogen-bond acceptors (Lipinski definition) is 0. The molecule has 0 rings (SSSR count). The van der Waals surface area contributed by atoms with E-state index in [1.54, 1.807) is 0 Å². The summed E-state index contributed by atoms with van der Waals surface area (Å²) >= 11 is 0. The first kappa shape index (κ1) is 2290. The van der Waals surface area contributed by atoms with E-state index in [4.69, 9.17) is 0 Å². The van der Waals surface area contributed by atoms with Gasteiger partial charge in [0.05, 0.1) is 0 Å². The number of rotatable bonds is 0. The van der Waals surface area contributed by atoms with E-state index < -0.39 is 0 Å². The van der Waals surface area contributed by atoms with Gasteiger partial charge < -0.3 is 0 Å². The average molecular weight is 643 g/mol. The zero-order chi connectivity index (χ0) is 0. The zero-order valence-corrected chi connectivity index (χ0v) is 12.1. The van der Waals surface area contributed by atoms with Crippen molar-refractivity contribution in [3.05, 3.63) is 0 Å². The molecule has 0 spiro atoms. The molecule has 3 unspecified atom stereocenters. The van der Waals surface area contributed by atoms with Crippen LogP contribution in [0.2, 0.25) is 0 Å². The van der Waals surface area contributed by atoms with Gasteiger partial charge in [0, 0.05) is 63.5 Å². The van der Waals surface area contributed by atoms with Gasteiger partial charge in [-0.25, -0.2) is 0 Å². The molecule has 0 heterocycles. The fourth-order valence-electron chi connectivity index (χ4n) is 0. The topological polar surface area (TPSA) is 0 Å². The zero-order valence-electron chi connectivity index (χ0n) is 3.12. The van der Waals surface area contributed by atoms with Crippen LogP contribution in [-0.2, 0) is 21.7 Å². The fraction of sp³-hybridized carbons (Fsp3) is 1.00. The summed E-state index contributed by atoms with van der Waals surface area (Å²) in [6.45, 7) is 0. The largest absolute Gasteiger partial charge is 0.153 e. The van der Waals surface area contributed by atoms with Crippen LogP contribution < -0.4 is 0 Å². The first-order chi connectivity index (χ1) is 0. The van der Waals surface area contributed by atoms with E-state index in [0.29, 0.717) is 0 Å². The summed E-state index contributed by atoms with van der Waals surface area (Å²) in [5.74, 6) is 0. The maximum absolute atomic E-state index is 0. The molecule has 0 aliphatic rings. The van der Waals surface area contributed by atoms with Crippen molar-refractivity contribution in [3.8, 4) is 0 Å². The third kappa shape index (κ3) is 1930. The summed E-state index contributed by atoms with van der Waals surface area (Å²) in [4.78, 5) is 0. The Hall–Kier alpha value is 3.38. The van der Waals surface area contributed by atoms with Gasteiger partial charge in [0.15, 0.2) is 0 Å². The maximum atomic E-state index is 0. The predicted octanol–water partition coefficient (Wildman–Crippen LogP) is 14.2. The van der Waals surface area contributed by atoms with Crippen LogP contribution in [0.5, 0.6) is 0 Å². The van der Waals surface area contributed by atoms with E-state index in [2.05, 4.69) is 0 Å². The van der Waals surface area contributed by atoms with Gasteiger partial charge in [0.2, 0.25) is 0 Å². The van der Waals surface area contributed by atoms with Crippen LogP contribution in [0.1, 0.15) is 163 Å². The molecular formula is C22H97CeP3Ti. The standard InChI is InChI=1S/22CH4.Ce.3H3P.Ti/h22*1H4;;3*1H3;. The molecule has 0 saturated carbocycles. The molecule has 0 bridgehead atoms. The second-order valence-electron chi connectivity index (χ2n) is 0. The molecule has 0 nitrogen and oxygen atoms in total. The van der Waals surface area contributed by atoms with Gasteiger partial charge in [-0.1, -0.05) is 163 Å². The van der Waals surface area contributed by atoms with E-state index in [1.807, 2.05) is 0 Å². The van der Waals surface area contributed by atoms with E-state index >= 15 is 0 Å². The summed E-state index contributed by atoms with van der Waals surface area (Å²) in [6, 6.07) is 0. The molecule has 5 heteroatoms. The molecule has 208 valence electrons. The van der Waals surface area contributed by atoms with E-state index in [0.717, 1.165) is 0 Å². The van der Waals surface area contributed by atoms with Gasteiger partial charge in [-0.05, 0) is 0 Å². The SMILES string of the molecule is C.C.C.C.C.C.C.C.C.C.C.C.C.C.C.C.C.C.C.C.C.C.P.P.P.[Ce].[Ti]. The van der Waals surface area contributed by atoms with Crippen LogP contribution in [0.4, 0.5) is 0 Å². The minimum absolute atomic E-state index is 0. The second-order valence-corrected chi connectivity index (χ2v) is 0. The van der Waals surface area contributed by atoms with Crippen molar-refractivity contribution >= 4 is 29.7 Å². The van der Waals surface area contributed by atoms with Gasteiger partial charge in [0.25, 0.3) is 0 Å². The summed E-state index contributed by atoms with van der Waals surface area (Å²) < 4.78 is 0. The van der Waals surface area contributed by atoms with Crippen molar-refractivity contribution < 1.29 is 63.5 Å². The molecule has 0 saturated heterocycles. The Labute approximate surface area is 254 Å². The van der Waals surface area contributed by atoms with Crippen LogP contribution in [-0.4, -0.2) is 0 Å². The van der Waals surface area contributed by atoms with Gasteiger partial charge in [0.1, 0.15) is 0 Å². The number of hydrogen-bond donors (Lipinski definition) is 0. The van der Waals surface area contributed by atoms with Crippen molar-refractivity contribution in [2.45, 2.75) is 163 Å². The Balaban J connectivity index is 0. The second kappa shape index (κ2) is 2070. The van der Waals surface area contributed by atoms with E-state index in [1.165, 1.54) is 0 Å². The van der Waals surface area contributed by atoms with Gasteiger partial charge in [-0.3, -0.25) is 0 Å². The third-order valence-electron chi connectivity index (χ3n) is 0. The van der Waals surface area contributed by atoms with Crippen molar-refractivity contribution in [1.29, 1.82) is 0 Å². The maximum Gasteiger partial charge on any atom is 0 e. The summed E-state index contributed by atoms with van der Waals surface area (Å²) in [6.07, 6.45) is 0. The van der Waals surface area contributed by atoms with Gasteiger partial charge in [-0.15, -0.1) is 0 Å². The van der Waals surface area contributed by atoms with E-state index in [-0.39, 0.29) is 257 Å². The molecule has 0 aliphatic heterocycles. The molecule has 0 aromatic carbocycles. The smallest absolute Gasteiger partial charge is 0 e. The van der Waals surface area contributed by atoms with Crippen molar-refractivity contribution in [2.75, 3.05) is 0 Å². The summed E-state index contributed by atoms with van der Waals surface area (Å²) in [5, 5.41) is 0. The first-order valence-corrected chi connectivity index (χ1v) is 0. The minimum Gasteiger partial charge on any atom is -0.153 e. The van der Waals surface area contributed by atoms with Crippen LogP contribution in [0.3, 0.4) is 0 Å². The molecule has 0 aliphatic carbocycles.